The maximum atomic E-state index is 10.1. The van der Waals surface area contributed by atoms with Gasteiger partial charge in [-0.05, 0) is 32.2 Å². The maximum Gasteiger partial charge on any atom is 0.0583 e. The van der Waals surface area contributed by atoms with E-state index in [1.807, 2.05) is 0 Å². The Labute approximate surface area is 87.1 Å². The lowest BCUT2D eigenvalue weighted by molar-refractivity contribution is 0.0655. The molecule has 0 aromatic heterocycles. The van der Waals surface area contributed by atoms with Crippen LogP contribution in [0.4, 0.5) is 0 Å². The van der Waals surface area contributed by atoms with E-state index in [9.17, 15) is 5.11 Å². The number of aliphatic hydroxyl groups is 1. The first-order valence-corrected chi connectivity index (χ1v) is 6.29. The molecule has 2 rings (SSSR count). The third kappa shape index (κ3) is 2.48. The molecule has 3 atom stereocenters. The summed E-state index contributed by atoms with van der Waals surface area (Å²) in [6, 6.07) is 0.614. The Balaban J connectivity index is 1.90. The maximum absolute atomic E-state index is 10.1. The van der Waals surface area contributed by atoms with Crippen molar-refractivity contribution in [2.45, 2.75) is 63.5 Å². The number of hydrogen-bond acceptors (Lipinski definition) is 2. The van der Waals surface area contributed by atoms with Crippen LogP contribution in [0.2, 0.25) is 0 Å². The van der Waals surface area contributed by atoms with Crippen molar-refractivity contribution in [1.82, 2.24) is 5.32 Å². The summed E-state index contributed by atoms with van der Waals surface area (Å²) in [5.74, 6) is 0.540. The van der Waals surface area contributed by atoms with Crippen molar-refractivity contribution in [3.8, 4) is 0 Å². The third-order valence-corrected chi connectivity index (χ3v) is 3.90. The third-order valence-electron chi connectivity index (χ3n) is 3.90. The van der Waals surface area contributed by atoms with Crippen molar-refractivity contribution in [2.75, 3.05) is 6.54 Å². The van der Waals surface area contributed by atoms with Gasteiger partial charge in [0.15, 0.2) is 0 Å². The molecule has 0 amide bonds. The predicted molar refractivity (Wildman–Crippen MR) is 58.2 cm³/mol. The van der Waals surface area contributed by atoms with Crippen LogP contribution in [-0.2, 0) is 0 Å². The molecule has 82 valence electrons. The first kappa shape index (κ1) is 10.4. The standard InChI is InChI=1S/C12H23NO/c14-12-8-4-2-1-3-6-10(12)11-7-5-9-13-11/h10-14H,1-9H2. The molecule has 0 radical (unpaired) electrons. The molecule has 1 heterocycles. The fourth-order valence-corrected chi connectivity index (χ4v) is 3.04. The molecule has 1 aliphatic heterocycles. The monoisotopic (exact) mass is 197 g/mol. The first-order chi connectivity index (χ1) is 6.88. The van der Waals surface area contributed by atoms with Crippen LogP contribution in [0.1, 0.15) is 51.4 Å². The van der Waals surface area contributed by atoms with Gasteiger partial charge in [-0.2, -0.15) is 0 Å². The minimum atomic E-state index is -0.0362. The highest BCUT2D eigenvalue weighted by atomic mass is 16.3. The largest absolute Gasteiger partial charge is 0.393 e. The average Bonchev–Trinajstić information content (AvgIpc) is 2.65. The number of hydrogen-bond donors (Lipinski definition) is 2. The normalized spacial score (nSPS) is 40.5. The quantitative estimate of drug-likeness (QED) is 0.674. The number of rotatable bonds is 1. The number of nitrogens with one attached hydrogen (secondary N) is 1. The van der Waals surface area contributed by atoms with Crippen LogP contribution in [0.3, 0.4) is 0 Å². The van der Waals surface area contributed by atoms with Crippen LogP contribution in [0.15, 0.2) is 0 Å². The molecule has 2 heteroatoms. The van der Waals surface area contributed by atoms with Crippen molar-refractivity contribution in [1.29, 1.82) is 0 Å². The molecule has 2 nitrogen and oxygen atoms in total. The zero-order valence-corrected chi connectivity index (χ0v) is 9.04. The molecule has 0 aromatic carbocycles. The Morgan fingerprint density at radius 3 is 2.36 bits per heavy atom. The lowest BCUT2D eigenvalue weighted by Gasteiger charge is -2.30. The zero-order chi connectivity index (χ0) is 9.80. The van der Waals surface area contributed by atoms with E-state index in [0.29, 0.717) is 12.0 Å². The minimum absolute atomic E-state index is 0.0362. The Kier molecular flexibility index (Phi) is 3.82. The van der Waals surface area contributed by atoms with Gasteiger partial charge in [-0.15, -0.1) is 0 Å². The topological polar surface area (TPSA) is 32.3 Å². The Hall–Kier alpha value is -0.0800. The van der Waals surface area contributed by atoms with Gasteiger partial charge in [-0.25, -0.2) is 0 Å². The Morgan fingerprint density at radius 1 is 0.857 bits per heavy atom. The molecule has 2 N–H and O–H groups in total. The van der Waals surface area contributed by atoms with Crippen molar-refractivity contribution in [3.05, 3.63) is 0 Å². The van der Waals surface area contributed by atoms with E-state index in [-0.39, 0.29) is 6.10 Å². The van der Waals surface area contributed by atoms with Gasteiger partial charge in [-0.3, -0.25) is 0 Å². The van der Waals surface area contributed by atoms with E-state index in [1.54, 1.807) is 0 Å². The summed E-state index contributed by atoms with van der Waals surface area (Å²) in [5.41, 5.74) is 0. The zero-order valence-electron chi connectivity index (χ0n) is 9.04. The Bertz CT molecular complexity index is 166. The second kappa shape index (κ2) is 5.13. The molecule has 3 unspecified atom stereocenters. The molecule has 2 fully saturated rings. The summed E-state index contributed by atoms with van der Waals surface area (Å²) in [5, 5.41) is 13.6. The van der Waals surface area contributed by atoms with Crippen molar-refractivity contribution in [3.63, 3.8) is 0 Å². The van der Waals surface area contributed by atoms with Gasteiger partial charge in [0.2, 0.25) is 0 Å². The first-order valence-electron chi connectivity index (χ1n) is 6.29. The number of aliphatic hydroxyl groups excluding tert-OH is 1. The highest BCUT2D eigenvalue weighted by molar-refractivity contribution is 4.86. The van der Waals surface area contributed by atoms with Crippen molar-refractivity contribution >= 4 is 0 Å². The minimum Gasteiger partial charge on any atom is -0.393 e. The van der Waals surface area contributed by atoms with Gasteiger partial charge in [0, 0.05) is 12.0 Å². The second-order valence-corrected chi connectivity index (χ2v) is 4.93. The smallest absolute Gasteiger partial charge is 0.0583 e. The summed E-state index contributed by atoms with van der Waals surface area (Å²) in [6.07, 6.45) is 10.0. The van der Waals surface area contributed by atoms with Gasteiger partial charge in [-0.1, -0.05) is 25.7 Å². The summed E-state index contributed by atoms with van der Waals surface area (Å²) in [4.78, 5) is 0. The van der Waals surface area contributed by atoms with Crippen LogP contribution >= 0.6 is 0 Å². The predicted octanol–water partition coefficient (Wildman–Crippen LogP) is 2.07. The SMILES string of the molecule is OC1CCCCCCC1C1CCCN1. The summed E-state index contributed by atoms with van der Waals surface area (Å²) < 4.78 is 0. The molecule has 0 spiro atoms. The van der Waals surface area contributed by atoms with Gasteiger partial charge in [0.1, 0.15) is 0 Å². The molecule has 2 aliphatic rings. The van der Waals surface area contributed by atoms with Crippen LogP contribution in [0.5, 0.6) is 0 Å². The van der Waals surface area contributed by atoms with E-state index in [0.717, 1.165) is 13.0 Å². The molecule has 1 saturated heterocycles. The molecule has 0 bridgehead atoms. The second-order valence-electron chi connectivity index (χ2n) is 4.93. The lowest BCUT2D eigenvalue weighted by Crippen LogP contribution is -2.38. The van der Waals surface area contributed by atoms with E-state index in [2.05, 4.69) is 5.32 Å². The van der Waals surface area contributed by atoms with E-state index in [1.165, 1.54) is 44.9 Å². The summed E-state index contributed by atoms with van der Waals surface area (Å²) in [7, 11) is 0. The van der Waals surface area contributed by atoms with Gasteiger partial charge >= 0.3 is 0 Å². The van der Waals surface area contributed by atoms with E-state index < -0.39 is 0 Å². The fraction of sp³-hybridized carbons (Fsp3) is 1.00. The van der Waals surface area contributed by atoms with Crippen LogP contribution in [-0.4, -0.2) is 23.8 Å². The van der Waals surface area contributed by atoms with E-state index in [4.69, 9.17) is 0 Å². The molecule has 1 saturated carbocycles. The molecule has 1 aliphatic carbocycles. The van der Waals surface area contributed by atoms with E-state index >= 15 is 0 Å². The fourth-order valence-electron chi connectivity index (χ4n) is 3.04. The van der Waals surface area contributed by atoms with Gasteiger partial charge in [0.25, 0.3) is 0 Å². The summed E-state index contributed by atoms with van der Waals surface area (Å²) in [6.45, 7) is 1.16. The van der Waals surface area contributed by atoms with Crippen LogP contribution in [0.25, 0.3) is 0 Å². The average molecular weight is 197 g/mol. The van der Waals surface area contributed by atoms with Gasteiger partial charge in [0.05, 0.1) is 6.10 Å². The van der Waals surface area contributed by atoms with Crippen LogP contribution < -0.4 is 5.32 Å². The molecule has 14 heavy (non-hydrogen) atoms. The van der Waals surface area contributed by atoms with Crippen molar-refractivity contribution in [2.24, 2.45) is 5.92 Å². The molecular weight excluding hydrogens is 174 g/mol. The highest BCUT2D eigenvalue weighted by Gasteiger charge is 2.30. The Morgan fingerprint density at radius 2 is 1.64 bits per heavy atom. The van der Waals surface area contributed by atoms with Crippen LogP contribution in [0, 0.1) is 5.92 Å². The lowest BCUT2D eigenvalue weighted by atomic mass is 9.83. The summed E-state index contributed by atoms with van der Waals surface area (Å²) >= 11 is 0. The molecule has 0 aromatic rings. The highest BCUT2D eigenvalue weighted by Crippen LogP contribution is 2.28. The molecular formula is C12H23NO. The van der Waals surface area contributed by atoms with Gasteiger partial charge < -0.3 is 10.4 Å². The van der Waals surface area contributed by atoms with Crippen molar-refractivity contribution < 1.29 is 5.11 Å².